The molecule has 2 rings (SSSR count). The van der Waals surface area contributed by atoms with Crippen molar-refractivity contribution < 1.29 is 9.53 Å². The zero-order chi connectivity index (χ0) is 15.1. The molecule has 0 unspecified atom stereocenters. The Balaban J connectivity index is 1.85. The smallest absolute Gasteiger partial charge is 0.252 e. The summed E-state index contributed by atoms with van der Waals surface area (Å²) in [5.74, 6) is 0.969. The Morgan fingerprint density at radius 3 is 2.95 bits per heavy atom. The lowest BCUT2D eigenvalue weighted by atomic mass is 9.96. The van der Waals surface area contributed by atoms with Gasteiger partial charge in [-0.1, -0.05) is 0 Å². The number of rotatable bonds is 7. The Morgan fingerprint density at radius 1 is 1.52 bits per heavy atom. The Labute approximate surface area is 125 Å². The Kier molecular flexibility index (Phi) is 5.95. The number of carbonyl (C=O) groups excluding carboxylic acids is 1. The van der Waals surface area contributed by atoms with E-state index in [0.29, 0.717) is 11.5 Å². The molecule has 3 N–H and O–H groups in total. The SMILES string of the molecule is COCCNCC1CCN(c2ncccc2C(N)=O)CC1. The maximum Gasteiger partial charge on any atom is 0.252 e. The van der Waals surface area contributed by atoms with Crippen LogP contribution in [0, 0.1) is 5.92 Å². The van der Waals surface area contributed by atoms with Crippen molar-refractivity contribution in [2.75, 3.05) is 44.8 Å². The topological polar surface area (TPSA) is 80.5 Å². The predicted molar refractivity (Wildman–Crippen MR) is 82.4 cm³/mol. The van der Waals surface area contributed by atoms with Gasteiger partial charge in [0, 0.05) is 32.9 Å². The van der Waals surface area contributed by atoms with Crippen LogP contribution in [-0.2, 0) is 4.74 Å². The van der Waals surface area contributed by atoms with E-state index >= 15 is 0 Å². The minimum Gasteiger partial charge on any atom is -0.383 e. The molecular formula is C15H24N4O2. The van der Waals surface area contributed by atoms with Crippen molar-refractivity contribution in [3.05, 3.63) is 23.9 Å². The Bertz CT molecular complexity index is 459. The van der Waals surface area contributed by atoms with E-state index in [1.54, 1.807) is 25.4 Å². The van der Waals surface area contributed by atoms with Gasteiger partial charge in [-0.3, -0.25) is 4.79 Å². The first kappa shape index (κ1) is 15.7. The highest BCUT2D eigenvalue weighted by Crippen LogP contribution is 2.23. The zero-order valence-corrected chi connectivity index (χ0v) is 12.5. The van der Waals surface area contributed by atoms with Crippen molar-refractivity contribution in [2.45, 2.75) is 12.8 Å². The van der Waals surface area contributed by atoms with Crippen LogP contribution in [0.25, 0.3) is 0 Å². The molecule has 0 bridgehead atoms. The van der Waals surface area contributed by atoms with E-state index < -0.39 is 5.91 Å². The molecule has 1 aliphatic heterocycles. The molecule has 1 aliphatic rings. The molecule has 2 heterocycles. The predicted octanol–water partition coefficient (Wildman–Crippen LogP) is 0.633. The van der Waals surface area contributed by atoms with E-state index in [4.69, 9.17) is 10.5 Å². The molecule has 1 aromatic rings. The van der Waals surface area contributed by atoms with Crippen LogP contribution in [0.2, 0.25) is 0 Å². The molecule has 0 spiro atoms. The zero-order valence-electron chi connectivity index (χ0n) is 12.5. The standard InChI is InChI=1S/C15H24N4O2/c1-21-10-7-17-11-12-4-8-19(9-5-12)15-13(14(16)20)3-2-6-18-15/h2-3,6,12,17H,4-5,7-11H2,1H3,(H2,16,20). The lowest BCUT2D eigenvalue weighted by molar-refractivity contribution is 0.100. The van der Waals surface area contributed by atoms with Crippen molar-refractivity contribution in [3.8, 4) is 0 Å². The molecule has 0 aliphatic carbocycles. The third kappa shape index (κ3) is 4.41. The molecule has 6 nitrogen and oxygen atoms in total. The molecule has 1 saturated heterocycles. The van der Waals surface area contributed by atoms with Gasteiger partial charge in [-0.15, -0.1) is 0 Å². The van der Waals surface area contributed by atoms with Gasteiger partial charge >= 0.3 is 0 Å². The van der Waals surface area contributed by atoms with E-state index in [0.717, 1.165) is 51.4 Å². The van der Waals surface area contributed by atoms with Crippen molar-refractivity contribution in [1.82, 2.24) is 10.3 Å². The molecule has 0 saturated carbocycles. The molecule has 0 atom stereocenters. The van der Waals surface area contributed by atoms with Crippen LogP contribution in [0.5, 0.6) is 0 Å². The molecule has 1 aromatic heterocycles. The van der Waals surface area contributed by atoms with Crippen LogP contribution in [-0.4, -0.2) is 50.8 Å². The average Bonchev–Trinajstić information content (AvgIpc) is 2.52. The van der Waals surface area contributed by atoms with Crippen LogP contribution < -0.4 is 16.0 Å². The second kappa shape index (κ2) is 7.95. The number of primary amides is 1. The first-order chi connectivity index (χ1) is 10.2. The van der Waals surface area contributed by atoms with Crippen LogP contribution in [0.3, 0.4) is 0 Å². The molecular weight excluding hydrogens is 268 g/mol. The number of methoxy groups -OCH3 is 1. The van der Waals surface area contributed by atoms with Crippen LogP contribution >= 0.6 is 0 Å². The quantitative estimate of drug-likeness (QED) is 0.721. The number of ether oxygens (including phenoxy) is 1. The first-order valence-electron chi connectivity index (χ1n) is 7.41. The fourth-order valence-corrected chi connectivity index (χ4v) is 2.67. The van der Waals surface area contributed by atoms with Crippen molar-refractivity contribution in [3.63, 3.8) is 0 Å². The van der Waals surface area contributed by atoms with Crippen molar-refractivity contribution >= 4 is 11.7 Å². The number of aromatic nitrogens is 1. The van der Waals surface area contributed by atoms with Crippen LogP contribution in [0.1, 0.15) is 23.2 Å². The summed E-state index contributed by atoms with van der Waals surface area (Å²) in [4.78, 5) is 18.0. The van der Waals surface area contributed by atoms with Gasteiger partial charge in [0.15, 0.2) is 0 Å². The molecule has 0 radical (unpaired) electrons. The number of nitrogens with one attached hydrogen (secondary N) is 1. The number of piperidine rings is 1. The van der Waals surface area contributed by atoms with Crippen LogP contribution in [0.15, 0.2) is 18.3 Å². The summed E-state index contributed by atoms with van der Waals surface area (Å²) in [5, 5.41) is 3.41. The van der Waals surface area contributed by atoms with Gasteiger partial charge in [0.05, 0.1) is 12.2 Å². The summed E-state index contributed by atoms with van der Waals surface area (Å²) in [6.07, 6.45) is 3.89. The van der Waals surface area contributed by atoms with Gasteiger partial charge < -0.3 is 20.7 Å². The maximum atomic E-state index is 11.5. The highest BCUT2D eigenvalue weighted by molar-refractivity contribution is 5.97. The van der Waals surface area contributed by atoms with Crippen LogP contribution in [0.4, 0.5) is 5.82 Å². The third-order valence-corrected chi connectivity index (χ3v) is 3.88. The second-order valence-electron chi connectivity index (χ2n) is 5.37. The average molecular weight is 292 g/mol. The molecule has 1 amide bonds. The Morgan fingerprint density at radius 2 is 2.29 bits per heavy atom. The molecule has 116 valence electrons. The first-order valence-corrected chi connectivity index (χ1v) is 7.41. The van der Waals surface area contributed by atoms with Gasteiger partial charge in [-0.2, -0.15) is 0 Å². The van der Waals surface area contributed by atoms with E-state index in [1.165, 1.54) is 0 Å². The molecule has 21 heavy (non-hydrogen) atoms. The number of anilines is 1. The highest BCUT2D eigenvalue weighted by Gasteiger charge is 2.22. The maximum absolute atomic E-state index is 11.5. The fourth-order valence-electron chi connectivity index (χ4n) is 2.67. The van der Waals surface area contributed by atoms with E-state index in [2.05, 4.69) is 15.2 Å². The van der Waals surface area contributed by atoms with Gasteiger partial charge in [-0.25, -0.2) is 4.98 Å². The largest absolute Gasteiger partial charge is 0.383 e. The highest BCUT2D eigenvalue weighted by atomic mass is 16.5. The number of hydrogen-bond acceptors (Lipinski definition) is 5. The Hall–Kier alpha value is -1.66. The molecule has 6 heteroatoms. The van der Waals surface area contributed by atoms with Gasteiger partial charge in [-0.05, 0) is 37.4 Å². The van der Waals surface area contributed by atoms with Gasteiger partial charge in [0.25, 0.3) is 5.91 Å². The molecule has 0 aromatic carbocycles. The van der Waals surface area contributed by atoms with Crippen molar-refractivity contribution in [1.29, 1.82) is 0 Å². The summed E-state index contributed by atoms with van der Waals surface area (Å²) in [6.45, 7) is 4.47. The second-order valence-corrected chi connectivity index (χ2v) is 5.37. The monoisotopic (exact) mass is 292 g/mol. The third-order valence-electron chi connectivity index (χ3n) is 3.88. The van der Waals surface area contributed by atoms with Gasteiger partial charge in [0.1, 0.15) is 5.82 Å². The number of hydrogen-bond donors (Lipinski definition) is 2. The van der Waals surface area contributed by atoms with E-state index in [9.17, 15) is 4.79 Å². The lowest BCUT2D eigenvalue weighted by Gasteiger charge is -2.33. The summed E-state index contributed by atoms with van der Waals surface area (Å²) in [6, 6.07) is 3.49. The van der Waals surface area contributed by atoms with Gasteiger partial charge in [0.2, 0.25) is 0 Å². The van der Waals surface area contributed by atoms with Crippen molar-refractivity contribution in [2.24, 2.45) is 11.7 Å². The summed E-state index contributed by atoms with van der Waals surface area (Å²) < 4.78 is 5.02. The summed E-state index contributed by atoms with van der Waals surface area (Å²) >= 11 is 0. The fraction of sp³-hybridized carbons (Fsp3) is 0.600. The number of pyridine rings is 1. The van der Waals surface area contributed by atoms with E-state index in [-0.39, 0.29) is 0 Å². The minimum absolute atomic E-state index is 0.415. The number of nitrogens with zero attached hydrogens (tertiary/aromatic N) is 2. The number of carbonyl (C=O) groups is 1. The number of nitrogens with two attached hydrogens (primary N) is 1. The summed E-state index contributed by atoms with van der Waals surface area (Å²) in [5.41, 5.74) is 5.92. The number of amides is 1. The molecule has 1 fully saturated rings. The minimum atomic E-state index is -0.415. The van der Waals surface area contributed by atoms with E-state index in [1.807, 2.05) is 0 Å². The summed E-state index contributed by atoms with van der Waals surface area (Å²) in [7, 11) is 1.71. The normalized spacial score (nSPS) is 16.1. The lowest BCUT2D eigenvalue weighted by Crippen LogP contribution is -2.39.